The second-order valence-corrected chi connectivity index (χ2v) is 5.30. The van der Waals surface area contributed by atoms with Crippen LogP contribution in [-0.4, -0.2) is 67.2 Å². The van der Waals surface area contributed by atoms with Crippen LogP contribution in [0.4, 0.5) is 0 Å². The van der Waals surface area contributed by atoms with Crippen LogP contribution in [0.1, 0.15) is 5.56 Å². The van der Waals surface area contributed by atoms with Gasteiger partial charge in [-0.3, -0.25) is 9.80 Å². The van der Waals surface area contributed by atoms with Gasteiger partial charge < -0.3 is 10.1 Å². The molecular formula is C14H22N4O. The first-order valence-corrected chi connectivity index (χ1v) is 7.02. The van der Waals surface area contributed by atoms with Crippen molar-refractivity contribution in [1.82, 2.24) is 20.1 Å². The van der Waals surface area contributed by atoms with Crippen molar-refractivity contribution in [3.05, 3.63) is 23.9 Å². The van der Waals surface area contributed by atoms with Crippen LogP contribution in [0, 0.1) is 0 Å². The Morgan fingerprint density at radius 1 is 1.32 bits per heavy atom. The predicted molar refractivity (Wildman–Crippen MR) is 74.3 cm³/mol. The van der Waals surface area contributed by atoms with E-state index in [2.05, 4.69) is 26.2 Å². The van der Waals surface area contributed by atoms with Crippen LogP contribution in [-0.2, 0) is 6.54 Å². The van der Waals surface area contributed by atoms with Gasteiger partial charge in [-0.25, -0.2) is 4.98 Å². The van der Waals surface area contributed by atoms with Crippen LogP contribution in [0.15, 0.2) is 18.3 Å². The van der Waals surface area contributed by atoms with E-state index in [1.54, 1.807) is 13.3 Å². The number of pyridine rings is 1. The smallest absolute Gasteiger partial charge is 0.217 e. The topological polar surface area (TPSA) is 40.6 Å². The number of aromatic nitrogens is 1. The van der Waals surface area contributed by atoms with Gasteiger partial charge in [0.25, 0.3) is 0 Å². The van der Waals surface area contributed by atoms with Crippen molar-refractivity contribution in [2.45, 2.75) is 12.6 Å². The highest BCUT2D eigenvalue weighted by atomic mass is 16.5. The van der Waals surface area contributed by atoms with Crippen LogP contribution in [0.5, 0.6) is 5.88 Å². The highest BCUT2D eigenvalue weighted by Crippen LogP contribution is 2.18. The minimum atomic E-state index is 0.758. The van der Waals surface area contributed by atoms with E-state index in [9.17, 15) is 0 Å². The van der Waals surface area contributed by atoms with E-state index in [1.165, 1.54) is 18.7 Å². The van der Waals surface area contributed by atoms with Gasteiger partial charge in [0, 0.05) is 63.6 Å². The molecule has 0 saturated carbocycles. The third-order valence-electron chi connectivity index (χ3n) is 4.12. The monoisotopic (exact) mass is 262 g/mol. The summed E-state index contributed by atoms with van der Waals surface area (Å²) >= 11 is 0. The fraction of sp³-hybridized carbons (Fsp3) is 0.643. The van der Waals surface area contributed by atoms with E-state index in [0.29, 0.717) is 0 Å². The minimum absolute atomic E-state index is 0.758. The van der Waals surface area contributed by atoms with E-state index in [4.69, 9.17) is 4.74 Å². The third-order valence-corrected chi connectivity index (χ3v) is 4.12. The zero-order valence-corrected chi connectivity index (χ0v) is 11.5. The van der Waals surface area contributed by atoms with Gasteiger partial charge in [0.2, 0.25) is 5.88 Å². The predicted octanol–water partition coefficient (Wildman–Crippen LogP) is 0.180. The van der Waals surface area contributed by atoms with Gasteiger partial charge >= 0.3 is 0 Å². The van der Waals surface area contributed by atoms with Gasteiger partial charge in [-0.2, -0.15) is 0 Å². The Bertz CT molecular complexity index is 414. The molecule has 5 nitrogen and oxygen atoms in total. The van der Waals surface area contributed by atoms with E-state index >= 15 is 0 Å². The van der Waals surface area contributed by atoms with Crippen molar-refractivity contribution in [3.63, 3.8) is 0 Å². The number of nitrogens with one attached hydrogen (secondary N) is 1. The lowest BCUT2D eigenvalue weighted by Gasteiger charge is -2.43. The van der Waals surface area contributed by atoms with Crippen molar-refractivity contribution < 1.29 is 4.74 Å². The summed E-state index contributed by atoms with van der Waals surface area (Å²) in [6.45, 7) is 7.88. The number of piperazine rings is 1. The van der Waals surface area contributed by atoms with Crippen LogP contribution in [0.3, 0.4) is 0 Å². The molecule has 3 heterocycles. The summed E-state index contributed by atoms with van der Waals surface area (Å²) in [7, 11) is 1.69. The molecule has 104 valence electrons. The molecule has 0 aliphatic carbocycles. The highest BCUT2D eigenvalue weighted by molar-refractivity contribution is 5.25. The molecule has 0 radical (unpaired) electrons. The molecule has 0 atom stereocenters. The molecule has 1 aromatic heterocycles. The van der Waals surface area contributed by atoms with Gasteiger partial charge in [-0.1, -0.05) is 6.07 Å². The van der Waals surface area contributed by atoms with Crippen molar-refractivity contribution in [1.29, 1.82) is 0 Å². The molecule has 5 heteroatoms. The normalized spacial score (nSPS) is 22.2. The Morgan fingerprint density at radius 2 is 2.11 bits per heavy atom. The molecule has 0 aromatic carbocycles. The first kappa shape index (κ1) is 12.8. The molecular weight excluding hydrogens is 240 g/mol. The van der Waals surface area contributed by atoms with Gasteiger partial charge in [-0.15, -0.1) is 0 Å². The van der Waals surface area contributed by atoms with Gasteiger partial charge in [0.1, 0.15) is 0 Å². The summed E-state index contributed by atoms with van der Waals surface area (Å²) in [5.74, 6) is 0.758. The molecule has 0 bridgehead atoms. The molecule has 0 spiro atoms. The maximum absolute atomic E-state index is 5.32. The zero-order valence-electron chi connectivity index (χ0n) is 11.5. The Morgan fingerprint density at radius 3 is 2.74 bits per heavy atom. The number of nitrogens with zero attached hydrogens (tertiary/aromatic N) is 3. The van der Waals surface area contributed by atoms with Gasteiger partial charge in [0.05, 0.1) is 7.11 Å². The lowest BCUT2D eigenvalue weighted by atomic mass is 10.1. The molecule has 2 aliphatic rings. The fourth-order valence-electron chi connectivity index (χ4n) is 2.79. The maximum atomic E-state index is 5.32. The average Bonchev–Trinajstić information content (AvgIpc) is 2.40. The lowest BCUT2D eigenvalue weighted by Crippen LogP contribution is -2.61. The van der Waals surface area contributed by atoms with E-state index in [-0.39, 0.29) is 0 Å². The molecule has 1 N–H and O–H groups in total. The van der Waals surface area contributed by atoms with E-state index < -0.39 is 0 Å². The highest BCUT2D eigenvalue weighted by Gasteiger charge is 2.27. The molecule has 0 unspecified atom stereocenters. The minimum Gasteiger partial charge on any atom is -0.481 e. The van der Waals surface area contributed by atoms with Crippen molar-refractivity contribution >= 4 is 0 Å². The summed E-state index contributed by atoms with van der Waals surface area (Å²) in [6, 6.07) is 4.86. The molecule has 2 saturated heterocycles. The molecule has 0 amide bonds. The Balaban J connectivity index is 1.54. The van der Waals surface area contributed by atoms with Crippen LogP contribution >= 0.6 is 0 Å². The standard InChI is InChI=1S/C14H22N4O/c1-19-14-12(3-2-4-16-14)11-17-5-7-18(8-6-17)13-9-15-10-13/h2-4,13,15H,5-11H2,1H3. The number of hydrogen-bond donors (Lipinski definition) is 1. The fourth-order valence-corrected chi connectivity index (χ4v) is 2.79. The first-order chi connectivity index (χ1) is 9.36. The Hall–Kier alpha value is -1.17. The Kier molecular flexibility index (Phi) is 3.96. The SMILES string of the molecule is COc1ncccc1CN1CCN(C2CNC2)CC1. The second-order valence-electron chi connectivity index (χ2n) is 5.30. The van der Waals surface area contributed by atoms with Gasteiger partial charge in [0.15, 0.2) is 0 Å². The number of ether oxygens (including phenoxy) is 1. The van der Waals surface area contributed by atoms with Crippen molar-refractivity contribution in [2.75, 3.05) is 46.4 Å². The van der Waals surface area contributed by atoms with Crippen LogP contribution < -0.4 is 10.1 Å². The first-order valence-electron chi connectivity index (χ1n) is 7.02. The maximum Gasteiger partial charge on any atom is 0.217 e. The van der Waals surface area contributed by atoms with Gasteiger partial charge in [-0.05, 0) is 6.07 Å². The molecule has 2 fully saturated rings. The lowest BCUT2D eigenvalue weighted by molar-refractivity contribution is 0.0691. The molecule has 1 aromatic rings. The number of methoxy groups -OCH3 is 1. The van der Waals surface area contributed by atoms with E-state index in [0.717, 1.165) is 44.6 Å². The molecule has 3 rings (SSSR count). The Labute approximate surface area is 114 Å². The summed E-state index contributed by atoms with van der Waals surface area (Å²) < 4.78 is 5.32. The summed E-state index contributed by atoms with van der Waals surface area (Å²) in [6.07, 6.45) is 1.78. The largest absolute Gasteiger partial charge is 0.481 e. The van der Waals surface area contributed by atoms with Crippen LogP contribution in [0.2, 0.25) is 0 Å². The number of rotatable bonds is 4. The van der Waals surface area contributed by atoms with Crippen LogP contribution in [0.25, 0.3) is 0 Å². The summed E-state index contributed by atoms with van der Waals surface area (Å²) in [5.41, 5.74) is 1.18. The molecule has 2 aliphatic heterocycles. The summed E-state index contributed by atoms with van der Waals surface area (Å²) in [4.78, 5) is 9.35. The second kappa shape index (κ2) is 5.86. The number of hydrogen-bond acceptors (Lipinski definition) is 5. The average molecular weight is 262 g/mol. The van der Waals surface area contributed by atoms with Crippen molar-refractivity contribution in [3.8, 4) is 5.88 Å². The third kappa shape index (κ3) is 2.88. The van der Waals surface area contributed by atoms with E-state index in [1.807, 2.05) is 6.07 Å². The quantitative estimate of drug-likeness (QED) is 0.838. The van der Waals surface area contributed by atoms with Crippen molar-refractivity contribution in [2.24, 2.45) is 0 Å². The zero-order chi connectivity index (χ0) is 13.1. The summed E-state index contributed by atoms with van der Waals surface area (Å²) in [5, 5.41) is 3.34. The molecule has 19 heavy (non-hydrogen) atoms.